The molecule has 4 aliphatic rings. The Labute approximate surface area is 190 Å². The Morgan fingerprint density at radius 1 is 0.594 bits per heavy atom. The van der Waals surface area contributed by atoms with Gasteiger partial charge in [-0.2, -0.15) is 0 Å². The fraction of sp³-hybridized carbons (Fsp3) is 0.538. The van der Waals surface area contributed by atoms with E-state index in [0.717, 1.165) is 52.6 Å². The second-order valence-corrected chi connectivity index (χ2v) is 9.54. The average molecular weight is 437 g/mol. The second-order valence-electron chi connectivity index (χ2n) is 9.54. The topological polar surface area (TPSA) is 56.6 Å². The third-order valence-electron chi connectivity index (χ3n) is 6.82. The lowest BCUT2D eigenvalue weighted by Gasteiger charge is -2.25. The number of epoxide rings is 4. The van der Waals surface area contributed by atoms with Gasteiger partial charge in [-0.25, -0.2) is 0 Å². The van der Waals surface area contributed by atoms with Gasteiger partial charge in [0.15, 0.2) is 0 Å². The molecule has 0 radical (unpaired) electrons. The number of ether oxygens (including phenoxy) is 4. The summed E-state index contributed by atoms with van der Waals surface area (Å²) in [6, 6.07) is 18.1. The maximum Gasteiger partial charge on any atom is 0.0984 e. The van der Waals surface area contributed by atoms with Gasteiger partial charge < -0.3 is 28.7 Å². The van der Waals surface area contributed by atoms with Crippen LogP contribution in [0.2, 0.25) is 0 Å². The summed E-state index contributed by atoms with van der Waals surface area (Å²) < 4.78 is 21.8. The number of rotatable bonds is 12. The predicted octanol–water partition coefficient (Wildman–Crippen LogP) is 3.05. The molecule has 4 saturated heterocycles. The van der Waals surface area contributed by atoms with E-state index in [-0.39, 0.29) is 0 Å². The van der Waals surface area contributed by atoms with Gasteiger partial charge in [-0.05, 0) is 35.4 Å². The largest absolute Gasteiger partial charge is 0.371 e. The highest BCUT2D eigenvalue weighted by molar-refractivity contribution is 5.52. The summed E-state index contributed by atoms with van der Waals surface area (Å²) in [5, 5.41) is 0. The highest BCUT2D eigenvalue weighted by atomic mass is 16.6. The first-order valence-corrected chi connectivity index (χ1v) is 11.9. The summed E-state index contributed by atoms with van der Waals surface area (Å²) in [7, 11) is 0. The molecule has 6 heteroatoms. The molecule has 4 atom stereocenters. The number of nitrogens with zero attached hydrogens (tertiary/aromatic N) is 2. The van der Waals surface area contributed by atoms with E-state index in [9.17, 15) is 0 Å². The first kappa shape index (κ1) is 20.5. The van der Waals surface area contributed by atoms with Crippen LogP contribution in [-0.2, 0) is 18.9 Å². The summed E-state index contributed by atoms with van der Waals surface area (Å²) in [6.07, 6.45) is 1.51. The number of hydrogen-bond donors (Lipinski definition) is 0. The molecule has 6 nitrogen and oxygen atoms in total. The lowest BCUT2D eigenvalue weighted by Crippen LogP contribution is -2.31. The first-order valence-electron chi connectivity index (χ1n) is 11.9. The highest BCUT2D eigenvalue weighted by Crippen LogP contribution is 2.30. The van der Waals surface area contributed by atoms with Crippen molar-refractivity contribution >= 4 is 11.4 Å². The van der Waals surface area contributed by atoms with Crippen LogP contribution in [0.5, 0.6) is 0 Å². The Morgan fingerprint density at radius 2 is 0.875 bits per heavy atom. The Kier molecular flexibility index (Phi) is 5.55. The minimum absolute atomic E-state index is 0.345. The van der Waals surface area contributed by atoms with E-state index in [0.29, 0.717) is 30.3 Å². The molecule has 4 aliphatic heterocycles. The average Bonchev–Trinajstić information content (AvgIpc) is 3.63. The molecule has 4 fully saturated rings. The van der Waals surface area contributed by atoms with Gasteiger partial charge in [-0.3, -0.25) is 0 Å². The molecule has 0 spiro atoms. The Bertz CT molecular complexity index is 799. The zero-order valence-corrected chi connectivity index (χ0v) is 18.7. The van der Waals surface area contributed by atoms with Gasteiger partial charge in [0.1, 0.15) is 0 Å². The van der Waals surface area contributed by atoms with Crippen molar-refractivity contribution in [3.63, 3.8) is 0 Å². The van der Waals surface area contributed by atoms with Gasteiger partial charge in [0.25, 0.3) is 0 Å². The van der Waals surface area contributed by atoms with E-state index in [2.05, 4.69) is 65.3 Å². The normalized spacial score (nSPS) is 28.2. The van der Waals surface area contributed by atoms with Gasteiger partial charge in [0.2, 0.25) is 0 Å². The molecule has 2 aromatic rings. The van der Waals surface area contributed by atoms with Crippen LogP contribution < -0.4 is 9.80 Å². The molecule has 170 valence electrons. The third kappa shape index (κ3) is 5.26. The van der Waals surface area contributed by atoms with Crippen molar-refractivity contribution in [3.05, 3.63) is 59.7 Å². The van der Waals surface area contributed by atoms with E-state index in [1.54, 1.807) is 0 Å². The van der Waals surface area contributed by atoms with Crippen LogP contribution >= 0.6 is 0 Å². The van der Waals surface area contributed by atoms with Gasteiger partial charge >= 0.3 is 0 Å². The van der Waals surface area contributed by atoms with Gasteiger partial charge in [-0.1, -0.05) is 31.2 Å². The summed E-state index contributed by atoms with van der Waals surface area (Å²) in [5.74, 6) is 0.345. The van der Waals surface area contributed by atoms with Gasteiger partial charge in [-0.15, -0.1) is 0 Å². The van der Waals surface area contributed by atoms with Crippen molar-refractivity contribution in [2.45, 2.75) is 37.3 Å². The molecule has 0 N–H and O–H groups in total. The molecule has 0 saturated carbocycles. The zero-order chi connectivity index (χ0) is 21.5. The number of hydrogen-bond acceptors (Lipinski definition) is 6. The highest BCUT2D eigenvalue weighted by Gasteiger charge is 2.32. The van der Waals surface area contributed by atoms with E-state index in [1.807, 2.05) is 0 Å². The van der Waals surface area contributed by atoms with Crippen molar-refractivity contribution in [2.24, 2.45) is 0 Å². The van der Waals surface area contributed by atoms with Crippen molar-refractivity contribution in [2.75, 3.05) is 62.4 Å². The van der Waals surface area contributed by atoms with Crippen LogP contribution in [0.1, 0.15) is 24.0 Å². The van der Waals surface area contributed by atoms with Crippen LogP contribution in [0.4, 0.5) is 11.4 Å². The maximum atomic E-state index is 5.46. The molecule has 0 aromatic heterocycles. The van der Waals surface area contributed by atoms with E-state index in [1.165, 1.54) is 22.5 Å². The van der Waals surface area contributed by atoms with Crippen LogP contribution in [0.15, 0.2) is 48.5 Å². The maximum absolute atomic E-state index is 5.46. The molecule has 4 unspecified atom stereocenters. The lowest BCUT2D eigenvalue weighted by atomic mass is 9.92. The second kappa shape index (κ2) is 8.67. The zero-order valence-electron chi connectivity index (χ0n) is 18.7. The monoisotopic (exact) mass is 436 g/mol. The molecule has 6 rings (SSSR count). The molecule has 2 aromatic carbocycles. The summed E-state index contributed by atoms with van der Waals surface area (Å²) in [4.78, 5) is 4.81. The summed E-state index contributed by atoms with van der Waals surface area (Å²) in [6.45, 7) is 9.60. The molecule has 0 bridgehead atoms. The van der Waals surface area contributed by atoms with E-state index < -0.39 is 0 Å². The predicted molar refractivity (Wildman–Crippen MR) is 124 cm³/mol. The quantitative estimate of drug-likeness (QED) is 0.477. The molecule has 32 heavy (non-hydrogen) atoms. The number of benzene rings is 2. The minimum Gasteiger partial charge on any atom is -0.371 e. The number of anilines is 2. The molecular formula is C26H32N2O4. The van der Waals surface area contributed by atoms with E-state index in [4.69, 9.17) is 18.9 Å². The minimum atomic E-state index is 0.345. The third-order valence-corrected chi connectivity index (χ3v) is 6.82. The van der Waals surface area contributed by atoms with Crippen LogP contribution in [-0.4, -0.2) is 77.0 Å². The van der Waals surface area contributed by atoms with Gasteiger partial charge in [0, 0.05) is 43.5 Å². The Balaban J connectivity index is 1.12. The SMILES string of the molecule is CC(c1ccc(N(CC2CO2)CC2CO2)cc1)c1ccc(N(CC2CO2)CC2CO2)cc1. The summed E-state index contributed by atoms with van der Waals surface area (Å²) >= 11 is 0. The molecular weight excluding hydrogens is 404 g/mol. The van der Waals surface area contributed by atoms with Crippen molar-refractivity contribution in [1.29, 1.82) is 0 Å². The fourth-order valence-corrected chi connectivity index (χ4v) is 4.39. The molecule has 0 aliphatic carbocycles. The molecule has 0 amide bonds. The Hall–Kier alpha value is -2.12. The summed E-state index contributed by atoms with van der Waals surface area (Å²) in [5.41, 5.74) is 5.17. The molecule has 4 heterocycles. The van der Waals surface area contributed by atoms with Crippen LogP contribution in [0.3, 0.4) is 0 Å². The fourth-order valence-electron chi connectivity index (χ4n) is 4.39. The standard InChI is InChI=1S/C26H32N2O4/c1-18(19-2-6-21(7-3-19)27(10-23-14-29-23)11-24-15-30-24)20-4-8-22(9-5-20)28(12-25-16-31-25)13-26-17-32-26/h2-9,18,23-26H,10-17H2,1H3. The van der Waals surface area contributed by atoms with E-state index >= 15 is 0 Å². The van der Waals surface area contributed by atoms with Crippen molar-refractivity contribution in [3.8, 4) is 0 Å². The van der Waals surface area contributed by atoms with Crippen LogP contribution in [0, 0.1) is 0 Å². The van der Waals surface area contributed by atoms with Gasteiger partial charge in [0.05, 0.1) is 50.8 Å². The first-order chi connectivity index (χ1) is 15.7. The van der Waals surface area contributed by atoms with Crippen molar-refractivity contribution < 1.29 is 18.9 Å². The van der Waals surface area contributed by atoms with Crippen molar-refractivity contribution in [1.82, 2.24) is 0 Å². The lowest BCUT2D eigenvalue weighted by molar-refractivity contribution is 0.388. The Morgan fingerprint density at radius 3 is 1.12 bits per heavy atom. The smallest absolute Gasteiger partial charge is 0.0984 e. The van der Waals surface area contributed by atoms with Crippen LogP contribution in [0.25, 0.3) is 0 Å².